The summed E-state index contributed by atoms with van der Waals surface area (Å²) >= 11 is 0. The lowest BCUT2D eigenvalue weighted by Crippen LogP contribution is -2.60. The topological polar surface area (TPSA) is 143 Å². The second-order valence-electron chi connectivity index (χ2n) is 5.90. The van der Waals surface area contributed by atoms with Gasteiger partial charge in [0.05, 0.1) is 0 Å². The fourth-order valence-corrected chi connectivity index (χ4v) is 3.12. The molecule has 0 aromatic carbocycles. The minimum atomic E-state index is -8.10. The minimum absolute atomic E-state index is 0.791. The highest BCUT2D eigenvalue weighted by atomic mass is 32.2. The van der Waals surface area contributed by atoms with Crippen molar-refractivity contribution in [3.05, 3.63) is 0 Å². The van der Waals surface area contributed by atoms with E-state index in [1.807, 2.05) is 0 Å². The summed E-state index contributed by atoms with van der Waals surface area (Å²) in [7, 11) is -16.2. The first-order valence-corrected chi connectivity index (χ1v) is 10.9. The number of nitrogens with zero attached hydrogens (tertiary/aromatic N) is 2. The zero-order valence-corrected chi connectivity index (χ0v) is 18.0. The maximum absolute atomic E-state index is 13.9. The summed E-state index contributed by atoms with van der Waals surface area (Å²) in [5.74, 6) is -12.8. The molecule has 210 valence electrons. The molecule has 0 bridgehead atoms. The number of carbonyl (C=O) groups excluding carboxylic acids is 4. The highest BCUT2D eigenvalue weighted by Crippen LogP contribution is 2.40. The Morgan fingerprint density at radius 1 is 0.528 bits per heavy atom. The van der Waals surface area contributed by atoms with E-state index in [1.54, 1.807) is 0 Å². The Bertz CT molecular complexity index is 1030. The lowest BCUT2D eigenvalue weighted by molar-refractivity contribution is -0.166. The second-order valence-corrected chi connectivity index (χ2v) is 9.87. The van der Waals surface area contributed by atoms with Gasteiger partial charge in [-0.1, -0.05) is 0 Å². The first-order chi connectivity index (χ1) is 15.8. The van der Waals surface area contributed by atoms with Crippen molar-refractivity contribution in [1.29, 1.82) is 0 Å². The lowest BCUT2D eigenvalue weighted by Gasteiger charge is -2.30. The number of rotatable bonds is 9. The van der Waals surface area contributed by atoms with E-state index in [-0.39, 0.29) is 0 Å². The summed E-state index contributed by atoms with van der Waals surface area (Å²) in [6, 6.07) is 0. The number of amides is 4. The summed E-state index contributed by atoms with van der Waals surface area (Å²) in [6.45, 7) is -9.23. The van der Waals surface area contributed by atoms with Crippen molar-refractivity contribution in [2.75, 3.05) is 26.4 Å². The van der Waals surface area contributed by atoms with Gasteiger partial charge in [0, 0.05) is 13.1 Å². The van der Waals surface area contributed by atoms with Crippen molar-refractivity contribution in [2.24, 2.45) is 0 Å². The molecular weight excluding hydrogens is 592 g/mol. The predicted molar refractivity (Wildman–Crippen MR) is 85.2 cm³/mol. The van der Waals surface area contributed by atoms with Gasteiger partial charge in [-0.3, -0.25) is 29.0 Å². The van der Waals surface area contributed by atoms with E-state index in [4.69, 9.17) is 0 Å². The SMILES string of the molecule is O=C(CF)N(CCN(C(=O)C(F)(F)S(=O)(=O)C(F)(F)F)C(=O)C(F)(F)S(=O)(=O)C(F)(F)F)C(=O)CF. The number of hydrogen-bond donors (Lipinski definition) is 0. The highest BCUT2D eigenvalue weighted by Gasteiger charge is 2.71. The van der Waals surface area contributed by atoms with Crippen LogP contribution in [-0.4, -0.2) is 98.2 Å². The molecule has 10 nitrogen and oxygen atoms in total. The third-order valence-corrected chi connectivity index (χ3v) is 6.57. The molecule has 24 heteroatoms. The van der Waals surface area contributed by atoms with Gasteiger partial charge in [-0.25, -0.2) is 25.6 Å². The van der Waals surface area contributed by atoms with Crippen LogP contribution in [0, 0.1) is 0 Å². The summed E-state index contributed by atoms with van der Waals surface area (Å²) in [5.41, 5.74) is -14.2. The number of sulfone groups is 2. The molecule has 0 spiro atoms. The van der Waals surface area contributed by atoms with Crippen LogP contribution in [0.4, 0.5) is 52.7 Å². The monoisotopic (exact) mass is 600 g/mol. The minimum Gasteiger partial charge on any atom is -0.276 e. The van der Waals surface area contributed by atoms with Crippen molar-refractivity contribution in [2.45, 2.75) is 21.5 Å². The molecule has 0 saturated heterocycles. The van der Waals surface area contributed by atoms with Crippen molar-refractivity contribution >= 4 is 43.3 Å². The number of carbonyl (C=O) groups is 4. The number of halogens is 12. The maximum atomic E-state index is 13.9. The normalized spacial score (nSPS) is 13.8. The Hall–Kier alpha value is -2.66. The van der Waals surface area contributed by atoms with Gasteiger partial charge in [-0.15, -0.1) is 0 Å². The van der Waals surface area contributed by atoms with Crippen molar-refractivity contribution in [3.63, 3.8) is 0 Å². The summed E-state index contributed by atoms with van der Waals surface area (Å²) < 4.78 is 199. The predicted octanol–water partition coefficient (Wildman–Crippen LogP) is 0.691. The molecule has 0 aromatic rings. The van der Waals surface area contributed by atoms with Crippen LogP contribution in [0.15, 0.2) is 0 Å². The smallest absolute Gasteiger partial charge is 0.276 e. The lowest BCUT2D eigenvalue weighted by atomic mass is 10.3. The molecule has 0 fully saturated rings. The Morgan fingerprint density at radius 2 is 0.778 bits per heavy atom. The second kappa shape index (κ2) is 10.4. The molecule has 4 amide bonds. The van der Waals surface area contributed by atoms with E-state index in [0.717, 1.165) is 0 Å². The zero-order valence-electron chi connectivity index (χ0n) is 16.3. The van der Waals surface area contributed by atoms with Crippen LogP contribution in [0.25, 0.3) is 0 Å². The molecule has 0 aromatic heterocycles. The summed E-state index contributed by atoms with van der Waals surface area (Å²) in [5, 5.41) is -14.0. The number of alkyl halides is 12. The molecule has 0 atom stereocenters. The third-order valence-electron chi connectivity index (χ3n) is 3.65. The van der Waals surface area contributed by atoms with Crippen LogP contribution in [-0.2, 0) is 38.9 Å². The van der Waals surface area contributed by atoms with E-state index in [0.29, 0.717) is 0 Å². The average Bonchev–Trinajstić information content (AvgIpc) is 2.72. The molecule has 0 rings (SSSR count). The Morgan fingerprint density at radius 3 is 1.00 bits per heavy atom. The van der Waals surface area contributed by atoms with Gasteiger partial charge in [-0.05, 0) is 0 Å². The van der Waals surface area contributed by atoms with Crippen LogP contribution in [0.3, 0.4) is 0 Å². The molecule has 0 aliphatic heterocycles. The van der Waals surface area contributed by atoms with Gasteiger partial charge in [-0.2, -0.15) is 43.9 Å². The van der Waals surface area contributed by atoms with E-state index >= 15 is 0 Å². The van der Waals surface area contributed by atoms with Crippen LogP contribution >= 0.6 is 0 Å². The Kier molecular flexibility index (Phi) is 9.61. The molecule has 0 heterocycles. The van der Waals surface area contributed by atoms with Gasteiger partial charge in [0.15, 0.2) is 13.3 Å². The van der Waals surface area contributed by atoms with Crippen LogP contribution in [0.5, 0.6) is 0 Å². The molecule has 0 unspecified atom stereocenters. The molecule has 0 aliphatic rings. The van der Waals surface area contributed by atoms with E-state index < -0.39 is 101 Å². The van der Waals surface area contributed by atoms with Gasteiger partial charge in [0.2, 0.25) is 0 Å². The Balaban J connectivity index is 6.92. The van der Waals surface area contributed by atoms with Gasteiger partial charge >= 0.3 is 53.0 Å². The summed E-state index contributed by atoms with van der Waals surface area (Å²) in [6.07, 6.45) is 0. The van der Waals surface area contributed by atoms with Crippen molar-refractivity contribution in [3.8, 4) is 0 Å². The first kappa shape index (κ1) is 33.3. The van der Waals surface area contributed by atoms with Gasteiger partial charge in [0.25, 0.3) is 11.8 Å². The fourth-order valence-electron chi connectivity index (χ4n) is 1.86. The standard InChI is InChI=1S/C12H8F12N2O8S2/c13-3-5(27)25(6(28)4-14)1-2-26(7(29)9(15,16)35(31,32)11(19,20)21)8(30)10(17,18)36(33,34)12(22,23)24/h1-4H2. The molecule has 0 N–H and O–H groups in total. The molecular formula is C12H8F12N2O8S2. The van der Waals surface area contributed by atoms with E-state index in [1.165, 1.54) is 0 Å². The van der Waals surface area contributed by atoms with Crippen LogP contribution in [0.1, 0.15) is 0 Å². The number of hydrogen-bond acceptors (Lipinski definition) is 8. The Labute approximate surface area is 190 Å². The third kappa shape index (κ3) is 5.83. The quantitative estimate of drug-likeness (QED) is 0.352. The van der Waals surface area contributed by atoms with Crippen LogP contribution in [0.2, 0.25) is 0 Å². The number of imide groups is 2. The molecule has 36 heavy (non-hydrogen) atoms. The van der Waals surface area contributed by atoms with Gasteiger partial charge < -0.3 is 0 Å². The molecule has 0 radical (unpaired) electrons. The molecule has 0 saturated carbocycles. The van der Waals surface area contributed by atoms with Crippen LogP contribution < -0.4 is 0 Å². The highest BCUT2D eigenvalue weighted by molar-refractivity contribution is 7.94. The van der Waals surface area contributed by atoms with Gasteiger partial charge in [0.1, 0.15) is 0 Å². The first-order valence-electron chi connectivity index (χ1n) is 7.96. The van der Waals surface area contributed by atoms with Crippen molar-refractivity contribution < 1.29 is 88.7 Å². The van der Waals surface area contributed by atoms with Crippen molar-refractivity contribution in [1.82, 2.24) is 9.80 Å². The fraction of sp³-hybridized carbons (Fsp3) is 0.667. The maximum Gasteiger partial charge on any atom is 0.503 e. The van der Waals surface area contributed by atoms with E-state index in [9.17, 15) is 88.7 Å². The summed E-state index contributed by atoms with van der Waals surface area (Å²) in [4.78, 5) is 43.0. The largest absolute Gasteiger partial charge is 0.503 e. The van der Waals surface area contributed by atoms with E-state index in [2.05, 4.69) is 0 Å². The molecule has 0 aliphatic carbocycles. The zero-order chi connectivity index (χ0) is 29.3. The average molecular weight is 600 g/mol.